The number of methoxy groups -OCH3 is 3. The maximum atomic E-state index is 5.83. The molecule has 0 spiro atoms. The van der Waals surface area contributed by atoms with Crippen LogP contribution >= 0.6 is 15.9 Å². The summed E-state index contributed by atoms with van der Waals surface area (Å²) in [7, 11) is 4.95. The molecule has 0 unspecified atom stereocenters. The van der Waals surface area contributed by atoms with Gasteiger partial charge in [0.15, 0.2) is 23.0 Å². The monoisotopic (exact) mass is 437 g/mol. The van der Waals surface area contributed by atoms with Crippen molar-refractivity contribution >= 4 is 15.9 Å². The molecule has 0 aliphatic rings. The van der Waals surface area contributed by atoms with E-state index in [1.165, 1.54) is 5.56 Å². The minimum absolute atomic E-state index is 0.0839. The fourth-order valence-electron chi connectivity index (χ4n) is 2.73. The van der Waals surface area contributed by atoms with Crippen molar-refractivity contribution in [2.45, 2.75) is 32.9 Å². The lowest BCUT2D eigenvalue weighted by Crippen LogP contribution is -2.17. The van der Waals surface area contributed by atoms with Gasteiger partial charge in [-0.15, -0.1) is 0 Å². The van der Waals surface area contributed by atoms with Gasteiger partial charge >= 0.3 is 0 Å². The quantitative estimate of drug-likeness (QED) is 0.550. The molecule has 0 bridgehead atoms. The lowest BCUT2D eigenvalue weighted by Gasteiger charge is -2.17. The van der Waals surface area contributed by atoms with Gasteiger partial charge in [0.2, 0.25) is 0 Å². The summed E-state index contributed by atoms with van der Waals surface area (Å²) in [4.78, 5) is 0. The topological polar surface area (TPSA) is 49.0 Å². The Bertz CT molecular complexity index is 749. The van der Waals surface area contributed by atoms with Crippen molar-refractivity contribution in [1.82, 2.24) is 5.32 Å². The van der Waals surface area contributed by atoms with Gasteiger partial charge in [-0.05, 0) is 78.1 Å². The van der Waals surface area contributed by atoms with E-state index in [0.29, 0.717) is 0 Å². The van der Waals surface area contributed by atoms with Crippen molar-refractivity contribution < 1.29 is 18.9 Å². The van der Waals surface area contributed by atoms with Gasteiger partial charge in [0, 0.05) is 6.54 Å². The highest BCUT2D eigenvalue weighted by Crippen LogP contribution is 2.37. The first-order valence-electron chi connectivity index (χ1n) is 8.93. The van der Waals surface area contributed by atoms with Crippen molar-refractivity contribution in [3.8, 4) is 23.0 Å². The van der Waals surface area contributed by atoms with Crippen LogP contribution in [0.4, 0.5) is 0 Å². The average molecular weight is 438 g/mol. The summed E-state index contributed by atoms with van der Waals surface area (Å²) in [6.45, 7) is 5.58. The molecule has 0 heterocycles. The Kier molecular flexibility index (Phi) is 8.25. The van der Waals surface area contributed by atoms with Crippen LogP contribution in [0.2, 0.25) is 0 Å². The fourth-order valence-corrected chi connectivity index (χ4v) is 3.31. The minimum atomic E-state index is 0.0839. The Labute approximate surface area is 170 Å². The molecule has 5 nitrogen and oxygen atoms in total. The van der Waals surface area contributed by atoms with Gasteiger partial charge in [-0.3, -0.25) is 0 Å². The Morgan fingerprint density at radius 2 is 1.56 bits per heavy atom. The van der Waals surface area contributed by atoms with Crippen LogP contribution in [0.5, 0.6) is 23.0 Å². The molecule has 0 fully saturated rings. The Morgan fingerprint density at radius 1 is 0.889 bits per heavy atom. The zero-order valence-corrected chi connectivity index (χ0v) is 18.2. The number of nitrogens with one attached hydrogen (secondary N) is 1. The molecule has 2 rings (SSSR count). The van der Waals surface area contributed by atoms with Crippen molar-refractivity contribution in [3.05, 3.63) is 45.9 Å². The van der Waals surface area contributed by atoms with Crippen LogP contribution < -0.4 is 24.3 Å². The summed E-state index contributed by atoms with van der Waals surface area (Å²) in [6.07, 6.45) is 0.980. The van der Waals surface area contributed by atoms with E-state index in [1.54, 1.807) is 21.3 Å². The van der Waals surface area contributed by atoms with Gasteiger partial charge in [-0.2, -0.15) is 0 Å². The van der Waals surface area contributed by atoms with Gasteiger partial charge in [0.05, 0.1) is 31.9 Å². The lowest BCUT2D eigenvalue weighted by atomic mass is 10.1. The molecule has 0 amide bonds. The smallest absolute Gasteiger partial charge is 0.175 e. The van der Waals surface area contributed by atoms with Gasteiger partial charge in [-0.25, -0.2) is 0 Å². The highest BCUT2D eigenvalue weighted by Gasteiger charge is 2.13. The molecule has 0 saturated heterocycles. The number of rotatable bonds is 10. The van der Waals surface area contributed by atoms with Gasteiger partial charge in [0.25, 0.3) is 0 Å². The number of hydrogen-bond acceptors (Lipinski definition) is 5. The first kappa shape index (κ1) is 21.4. The second-order valence-corrected chi connectivity index (χ2v) is 7.25. The van der Waals surface area contributed by atoms with E-state index in [-0.39, 0.29) is 6.10 Å². The van der Waals surface area contributed by atoms with Gasteiger partial charge < -0.3 is 24.3 Å². The molecular weight excluding hydrogens is 410 g/mol. The average Bonchev–Trinajstić information content (AvgIpc) is 2.66. The summed E-state index contributed by atoms with van der Waals surface area (Å²) < 4.78 is 22.8. The molecule has 0 aliphatic carbocycles. The van der Waals surface area contributed by atoms with Crippen LogP contribution in [0.3, 0.4) is 0 Å². The summed E-state index contributed by atoms with van der Waals surface area (Å²) in [5.74, 6) is 2.97. The van der Waals surface area contributed by atoms with Gasteiger partial charge in [0.1, 0.15) is 0 Å². The van der Waals surface area contributed by atoms with E-state index in [1.807, 2.05) is 32.0 Å². The van der Waals surface area contributed by atoms with E-state index >= 15 is 0 Å². The maximum absolute atomic E-state index is 5.83. The van der Waals surface area contributed by atoms with Crippen LogP contribution in [0, 0.1) is 0 Å². The van der Waals surface area contributed by atoms with E-state index in [4.69, 9.17) is 18.9 Å². The number of benzene rings is 2. The largest absolute Gasteiger partial charge is 0.493 e. The minimum Gasteiger partial charge on any atom is -0.493 e. The summed E-state index contributed by atoms with van der Waals surface area (Å²) in [5.41, 5.74) is 2.32. The maximum Gasteiger partial charge on any atom is 0.175 e. The highest BCUT2D eigenvalue weighted by atomic mass is 79.9. The molecule has 0 aliphatic heterocycles. The molecule has 0 aromatic heterocycles. The predicted octanol–water partition coefficient (Wildman–Crippen LogP) is 4.59. The first-order chi connectivity index (χ1) is 13.0. The molecule has 1 N–H and O–H groups in total. The molecular formula is C21H28BrNO4. The van der Waals surface area contributed by atoms with Crippen LogP contribution in [-0.4, -0.2) is 34.0 Å². The van der Waals surface area contributed by atoms with Crippen LogP contribution in [-0.2, 0) is 13.0 Å². The third-order valence-corrected chi connectivity index (χ3v) is 4.60. The first-order valence-corrected chi connectivity index (χ1v) is 9.72. The second-order valence-electron chi connectivity index (χ2n) is 6.39. The van der Waals surface area contributed by atoms with Gasteiger partial charge in [-0.1, -0.05) is 6.07 Å². The molecule has 0 atom stereocenters. The molecule has 148 valence electrons. The van der Waals surface area contributed by atoms with Crippen molar-refractivity contribution in [3.63, 3.8) is 0 Å². The van der Waals surface area contributed by atoms with E-state index in [0.717, 1.165) is 52.5 Å². The number of hydrogen-bond donors (Lipinski definition) is 1. The second kappa shape index (κ2) is 10.4. The Balaban J connectivity index is 1.94. The predicted molar refractivity (Wildman–Crippen MR) is 111 cm³/mol. The summed E-state index contributed by atoms with van der Waals surface area (Å²) in [5, 5.41) is 3.47. The number of ether oxygens (including phenoxy) is 4. The van der Waals surface area contributed by atoms with Crippen molar-refractivity contribution in [2.24, 2.45) is 0 Å². The summed E-state index contributed by atoms with van der Waals surface area (Å²) >= 11 is 3.58. The zero-order valence-electron chi connectivity index (χ0n) is 16.6. The Morgan fingerprint density at radius 3 is 2.19 bits per heavy atom. The SMILES string of the molecule is COc1ccc(CCNCc2cc(Br)c(OC(C)C)c(OC)c2)cc1OC. The molecule has 6 heteroatoms. The van der Waals surface area contributed by atoms with Crippen LogP contribution in [0.15, 0.2) is 34.8 Å². The van der Waals surface area contributed by atoms with E-state index in [9.17, 15) is 0 Å². The van der Waals surface area contributed by atoms with Crippen LogP contribution in [0.1, 0.15) is 25.0 Å². The van der Waals surface area contributed by atoms with E-state index < -0.39 is 0 Å². The molecule has 0 saturated carbocycles. The molecule has 2 aromatic rings. The van der Waals surface area contributed by atoms with Crippen LogP contribution in [0.25, 0.3) is 0 Å². The molecule has 27 heavy (non-hydrogen) atoms. The van der Waals surface area contributed by atoms with Crippen molar-refractivity contribution in [2.75, 3.05) is 27.9 Å². The third-order valence-electron chi connectivity index (χ3n) is 4.01. The lowest BCUT2D eigenvalue weighted by molar-refractivity contribution is 0.228. The summed E-state index contributed by atoms with van der Waals surface area (Å²) in [6, 6.07) is 10.1. The Hall–Kier alpha value is -1.92. The highest BCUT2D eigenvalue weighted by molar-refractivity contribution is 9.10. The fraction of sp³-hybridized carbons (Fsp3) is 0.429. The molecule has 2 aromatic carbocycles. The third kappa shape index (κ3) is 6.04. The standard InChI is InChI=1S/C21H28BrNO4/c1-14(2)27-21-17(22)10-16(12-20(21)26-5)13-23-9-8-15-6-7-18(24-3)19(11-15)25-4/h6-7,10-12,14,23H,8-9,13H2,1-5H3. The number of halogens is 1. The van der Waals surface area contributed by atoms with E-state index in [2.05, 4.69) is 33.4 Å². The molecule has 0 radical (unpaired) electrons. The normalized spacial score (nSPS) is 10.8. The zero-order chi connectivity index (χ0) is 19.8. The van der Waals surface area contributed by atoms with Crippen molar-refractivity contribution in [1.29, 1.82) is 0 Å².